The van der Waals surface area contributed by atoms with E-state index in [0.29, 0.717) is 43.5 Å². The molecule has 0 unspecified atom stereocenters. The second kappa shape index (κ2) is 10.1. The Kier molecular flexibility index (Phi) is 10.8. The topological polar surface area (TPSA) is 27.7 Å². The van der Waals surface area contributed by atoms with Crippen LogP contribution in [0.25, 0.3) is 0 Å². The summed E-state index contributed by atoms with van der Waals surface area (Å²) in [5.41, 5.74) is 0. The van der Waals surface area contributed by atoms with Gasteiger partial charge in [-0.15, -0.1) is 34.8 Å². The smallest absolute Gasteiger partial charge is 0.372 e. The maximum atomic E-state index is 5.58. The lowest BCUT2D eigenvalue weighted by Crippen LogP contribution is -2.46. The van der Waals surface area contributed by atoms with Crippen molar-refractivity contribution >= 4 is 43.6 Å². The lowest BCUT2D eigenvalue weighted by atomic mass is 10.9. The first kappa shape index (κ1) is 16.0. The molecule has 0 spiro atoms. The minimum absolute atomic E-state index is 0.420. The summed E-state index contributed by atoms with van der Waals surface area (Å²) >= 11 is 16.7. The van der Waals surface area contributed by atoms with Crippen molar-refractivity contribution < 1.29 is 13.3 Å². The van der Waals surface area contributed by atoms with Crippen LogP contribution in [0.5, 0.6) is 0 Å². The average Bonchev–Trinajstić information content (AvgIpc) is 2.29. The summed E-state index contributed by atoms with van der Waals surface area (Å²) in [6.07, 6.45) is 0. The van der Waals surface area contributed by atoms with Gasteiger partial charge in [0.1, 0.15) is 0 Å². The molecule has 0 aliphatic carbocycles. The van der Waals surface area contributed by atoms with Gasteiger partial charge in [-0.1, -0.05) is 6.92 Å². The summed E-state index contributed by atoms with van der Waals surface area (Å²) in [7, 11) is -2.59. The first-order chi connectivity index (χ1) is 7.24. The SMILES string of the molecule is CC[Si](OCCCl)(OCCCl)OCCCl. The van der Waals surface area contributed by atoms with Gasteiger partial charge in [0.15, 0.2) is 0 Å². The van der Waals surface area contributed by atoms with E-state index in [9.17, 15) is 0 Å². The van der Waals surface area contributed by atoms with Crippen LogP contribution in [0, 0.1) is 0 Å². The number of alkyl halides is 3. The molecule has 0 fully saturated rings. The van der Waals surface area contributed by atoms with Gasteiger partial charge in [-0.2, -0.15) is 0 Å². The van der Waals surface area contributed by atoms with Crippen molar-refractivity contribution in [2.24, 2.45) is 0 Å². The molecule has 0 bridgehead atoms. The van der Waals surface area contributed by atoms with E-state index in [1.165, 1.54) is 0 Å². The molecule has 0 radical (unpaired) electrons. The highest BCUT2D eigenvalue weighted by Gasteiger charge is 2.38. The molecule has 0 saturated carbocycles. The largest absolute Gasteiger partial charge is 0.500 e. The van der Waals surface area contributed by atoms with Crippen molar-refractivity contribution in [1.29, 1.82) is 0 Å². The van der Waals surface area contributed by atoms with Crippen LogP contribution in [0.1, 0.15) is 6.92 Å². The number of hydrogen-bond acceptors (Lipinski definition) is 3. The summed E-state index contributed by atoms with van der Waals surface area (Å²) in [4.78, 5) is 0. The van der Waals surface area contributed by atoms with Gasteiger partial charge in [-0.05, 0) is 0 Å². The maximum absolute atomic E-state index is 5.58. The maximum Gasteiger partial charge on any atom is 0.500 e. The van der Waals surface area contributed by atoms with Crippen LogP contribution in [0.2, 0.25) is 6.04 Å². The van der Waals surface area contributed by atoms with Gasteiger partial charge >= 0.3 is 8.80 Å². The Morgan fingerprint density at radius 1 is 0.800 bits per heavy atom. The molecule has 7 heteroatoms. The van der Waals surface area contributed by atoms with Crippen LogP contribution < -0.4 is 0 Å². The predicted octanol–water partition coefficient (Wildman–Crippen LogP) is 2.71. The molecule has 0 aromatic rings. The lowest BCUT2D eigenvalue weighted by Gasteiger charge is -2.27. The minimum Gasteiger partial charge on any atom is -0.372 e. The van der Waals surface area contributed by atoms with Crippen molar-refractivity contribution in [2.45, 2.75) is 13.0 Å². The third-order valence-corrected chi connectivity index (χ3v) is 4.89. The van der Waals surface area contributed by atoms with Crippen molar-refractivity contribution in [2.75, 3.05) is 37.5 Å². The summed E-state index contributed by atoms with van der Waals surface area (Å²) in [5, 5.41) is 0. The van der Waals surface area contributed by atoms with Gasteiger partial charge in [0.2, 0.25) is 0 Å². The molecular weight excluding hydrogens is 279 g/mol. The highest BCUT2D eigenvalue weighted by Crippen LogP contribution is 2.15. The molecule has 0 rings (SSSR count). The van der Waals surface area contributed by atoms with Gasteiger partial charge in [0, 0.05) is 23.7 Å². The molecule has 0 heterocycles. The Hall–Kier alpha value is 0.967. The molecule has 15 heavy (non-hydrogen) atoms. The summed E-state index contributed by atoms with van der Waals surface area (Å²) in [5.74, 6) is 1.26. The zero-order valence-electron chi connectivity index (χ0n) is 8.81. The third kappa shape index (κ3) is 7.00. The Bertz CT molecular complexity index is 129. The van der Waals surface area contributed by atoms with Crippen LogP contribution in [0.3, 0.4) is 0 Å². The highest BCUT2D eigenvalue weighted by molar-refractivity contribution is 6.60. The number of halogens is 3. The Morgan fingerprint density at radius 2 is 1.13 bits per heavy atom. The van der Waals surface area contributed by atoms with Crippen LogP contribution in [0.4, 0.5) is 0 Å². The predicted molar refractivity (Wildman–Crippen MR) is 66.3 cm³/mol. The van der Waals surface area contributed by atoms with E-state index < -0.39 is 8.80 Å². The van der Waals surface area contributed by atoms with Crippen molar-refractivity contribution in [3.05, 3.63) is 0 Å². The fraction of sp³-hybridized carbons (Fsp3) is 1.00. The van der Waals surface area contributed by atoms with Crippen molar-refractivity contribution in [3.8, 4) is 0 Å². The normalized spacial score (nSPS) is 12.0. The molecule has 0 N–H and O–H groups in total. The van der Waals surface area contributed by atoms with Crippen LogP contribution in [0.15, 0.2) is 0 Å². The average molecular weight is 296 g/mol. The fourth-order valence-electron chi connectivity index (χ4n) is 1.01. The van der Waals surface area contributed by atoms with Crippen molar-refractivity contribution in [3.63, 3.8) is 0 Å². The Labute approximate surface area is 107 Å². The van der Waals surface area contributed by atoms with Gasteiger partial charge in [-0.3, -0.25) is 0 Å². The van der Waals surface area contributed by atoms with E-state index in [1.807, 2.05) is 6.92 Å². The Morgan fingerprint density at radius 3 is 1.33 bits per heavy atom. The monoisotopic (exact) mass is 294 g/mol. The highest BCUT2D eigenvalue weighted by atomic mass is 35.5. The molecule has 0 amide bonds. The summed E-state index contributed by atoms with van der Waals surface area (Å²) in [6.45, 7) is 3.23. The summed E-state index contributed by atoms with van der Waals surface area (Å²) in [6, 6.07) is 0.692. The first-order valence-corrected chi connectivity index (χ1v) is 8.38. The second-order valence-electron chi connectivity index (χ2n) is 2.65. The molecule has 0 aromatic heterocycles. The van der Waals surface area contributed by atoms with Gasteiger partial charge in [0.25, 0.3) is 0 Å². The second-order valence-corrected chi connectivity index (χ2v) is 6.72. The molecule has 0 aliphatic rings. The molecule has 92 valence electrons. The van der Waals surface area contributed by atoms with E-state index in [0.717, 1.165) is 0 Å². The molecule has 0 aliphatic heterocycles. The van der Waals surface area contributed by atoms with E-state index in [-0.39, 0.29) is 0 Å². The molecule has 3 nitrogen and oxygen atoms in total. The van der Waals surface area contributed by atoms with Crippen LogP contribution in [-0.4, -0.2) is 46.3 Å². The van der Waals surface area contributed by atoms with Gasteiger partial charge < -0.3 is 13.3 Å². The third-order valence-electron chi connectivity index (χ3n) is 1.63. The summed E-state index contributed by atoms with van der Waals surface area (Å²) < 4.78 is 16.7. The van der Waals surface area contributed by atoms with Crippen molar-refractivity contribution in [1.82, 2.24) is 0 Å². The zero-order valence-corrected chi connectivity index (χ0v) is 12.1. The fourth-order valence-corrected chi connectivity index (χ4v) is 3.73. The zero-order chi connectivity index (χ0) is 11.6. The number of rotatable bonds is 10. The Balaban J connectivity index is 4.16. The molecular formula is C8H17Cl3O3Si. The van der Waals surface area contributed by atoms with Gasteiger partial charge in [-0.25, -0.2) is 0 Å². The quantitative estimate of drug-likeness (QED) is 0.458. The standard InChI is InChI=1S/C8H17Cl3O3Si/c1-2-15(12-6-3-9,13-7-4-10)14-8-5-11/h2-8H2,1H3. The number of hydrogen-bond donors (Lipinski definition) is 0. The van der Waals surface area contributed by atoms with E-state index in [4.69, 9.17) is 48.1 Å². The molecule has 0 aromatic carbocycles. The van der Waals surface area contributed by atoms with E-state index in [1.54, 1.807) is 0 Å². The van der Waals surface area contributed by atoms with E-state index in [2.05, 4.69) is 0 Å². The minimum atomic E-state index is -2.59. The van der Waals surface area contributed by atoms with Gasteiger partial charge in [0.05, 0.1) is 19.8 Å². The lowest BCUT2D eigenvalue weighted by molar-refractivity contribution is 0.0743. The molecule has 0 atom stereocenters. The van der Waals surface area contributed by atoms with Crippen LogP contribution in [-0.2, 0) is 13.3 Å². The molecule has 0 saturated heterocycles. The first-order valence-electron chi connectivity index (χ1n) is 4.84. The van der Waals surface area contributed by atoms with E-state index >= 15 is 0 Å². The van der Waals surface area contributed by atoms with Crippen LogP contribution >= 0.6 is 34.8 Å².